The van der Waals surface area contributed by atoms with E-state index in [0.717, 1.165) is 5.56 Å². The number of nitrogens with zero attached hydrogens (tertiary/aromatic N) is 2. The van der Waals surface area contributed by atoms with Crippen molar-refractivity contribution in [3.8, 4) is 0 Å². The summed E-state index contributed by atoms with van der Waals surface area (Å²) in [6.45, 7) is 0.861. The van der Waals surface area contributed by atoms with Crippen LogP contribution in [-0.4, -0.2) is 34.0 Å². The summed E-state index contributed by atoms with van der Waals surface area (Å²) in [4.78, 5) is 44.5. The van der Waals surface area contributed by atoms with E-state index in [-0.39, 0.29) is 11.7 Å². The zero-order valence-electron chi connectivity index (χ0n) is 16.8. The van der Waals surface area contributed by atoms with Crippen LogP contribution in [0.25, 0.3) is 17.1 Å². The Morgan fingerprint density at radius 1 is 1.20 bits per heavy atom. The van der Waals surface area contributed by atoms with E-state index in [1.807, 2.05) is 42.5 Å². The molecular formula is C23H23N3O4. The molecule has 1 atom stereocenters. The van der Waals surface area contributed by atoms with Crippen molar-refractivity contribution >= 4 is 22.9 Å². The van der Waals surface area contributed by atoms with Crippen LogP contribution in [0.1, 0.15) is 34.3 Å². The molecule has 2 aromatic heterocycles. The highest BCUT2D eigenvalue weighted by atomic mass is 16.5. The van der Waals surface area contributed by atoms with Crippen molar-refractivity contribution in [1.82, 2.24) is 14.5 Å². The molecule has 0 aliphatic heterocycles. The number of aromatic amines is 1. The lowest BCUT2D eigenvalue weighted by Crippen LogP contribution is -2.33. The number of fused-ring (bicyclic) bond motifs is 3. The Labute approximate surface area is 173 Å². The van der Waals surface area contributed by atoms with Crippen LogP contribution < -0.4 is 11.2 Å². The van der Waals surface area contributed by atoms with Crippen molar-refractivity contribution in [2.75, 3.05) is 13.7 Å². The van der Waals surface area contributed by atoms with Crippen molar-refractivity contribution in [3.63, 3.8) is 0 Å². The zero-order valence-corrected chi connectivity index (χ0v) is 16.8. The first kappa shape index (κ1) is 20.0. The standard InChI is InChI=1S/C23H23N3O4/c1-30-11-5-10-26-21-20(22(28)25-23(26)29)17-12-16(13-19(27)18(17)14-24-21)9-8-15-6-3-2-4-7-15/h2-4,6-9,14,16H,5,10-13H2,1H3,(H,25,28,29)/b9-8+/t16-/m0/s1. The van der Waals surface area contributed by atoms with Crippen LogP contribution in [0.3, 0.4) is 0 Å². The number of ketones is 1. The largest absolute Gasteiger partial charge is 0.385 e. The summed E-state index contributed by atoms with van der Waals surface area (Å²) in [5, 5.41) is 0.329. The molecule has 0 radical (unpaired) electrons. The third-order valence-corrected chi connectivity index (χ3v) is 5.42. The molecule has 3 aromatic rings. The van der Waals surface area contributed by atoms with E-state index in [4.69, 9.17) is 4.74 Å². The van der Waals surface area contributed by atoms with Gasteiger partial charge in [-0.15, -0.1) is 0 Å². The first-order valence-corrected chi connectivity index (χ1v) is 9.98. The van der Waals surface area contributed by atoms with Gasteiger partial charge in [0, 0.05) is 38.4 Å². The van der Waals surface area contributed by atoms with Crippen LogP contribution in [0.2, 0.25) is 0 Å². The summed E-state index contributed by atoms with van der Waals surface area (Å²) in [5.74, 6) is -0.0611. The lowest BCUT2D eigenvalue weighted by atomic mass is 9.82. The Kier molecular flexibility index (Phi) is 5.72. The highest BCUT2D eigenvalue weighted by Crippen LogP contribution is 2.30. The van der Waals surface area contributed by atoms with Gasteiger partial charge in [0.1, 0.15) is 5.65 Å². The number of hydrogen-bond donors (Lipinski definition) is 1. The normalized spacial score (nSPS) is 16.3. The first-order chi connectivity index (χ1) is 14.6. The van der Waals surface area contributed by atoms with Crippen molar-refractivity contribution in [2.45, 2.75) is 25.8 Å². The number of nitrogens with one attached hydrogen (secondary N) is 1. The molecule has 30 heavy (non-hydrogen) atoms. The Morgan fingerprint density at radius 2 is 2.00 bits per heavy atom. The Hall–Kier alpha value is -3.32. The summed E-state index contributed by atoms with van der Waals surface area (Å²) >= 11 is 0. The summed E-state index contributed by atoms with van der Waals surface area (Å²) in [5.41, 5.74) is 1.51. The van der Waals surface area contributed by atoms with E-state index in [2.05, 4.69) is 9.97 Å². The topological polar surface area (TPSA) is 94.1 Å². The van der Waals surface area contributed by atoms with Crippen LogP contribution in [0.15, 0.2) is 52.2 Å². The molecule has 0 bridgehead atoms. The number of rotatable bonds is 6. The SMILES string of the molecule is COCCCn1c(=O)[nH]c(=O)c2c3c(cnc21)C(=O)C[C@@H](/C=C/c1ccccc1)C3. The number of carbonyl (C=O) groups is 1. The molecular weight excluding hydrogens is 382 g/mol. The van der Waals surface area contributed by atoms with E-state index in [1.54, 1.807) is 7.11 Å². The van der Waals surface area contributed by atoms with E-state index in [1.165, 1.54) is 10.8 Å². The van der Waals surface area contributed by atoms with Crippen molar-refractivity contribution in [2.24, 2.45) is 5.92 Å². The molecule has 154 valence electrons. The second-order valence-corrected chi connectivity index (χ2v) is 7.47. The van der Waals surface area contributed by atoms with Crippen molar-refractivity contribution in [1.29, 1.82) is 0 Å². The number of hydrogen-bond acceptors (Lipinski definition) is 5. The molecule has 1 aliphatic rings. The number of allylic oxidation sites excluding steroid dienone is 1. The predicted octanol–water partition coefficient (Wildman–Crippen LogP) is 2.58. The molecule has 7 heteroatoms. The monoisotopic (exact) mass is 405 g/mol. The fraction of sp³-hybridized carbons (Fsp3) is 0.304. The molecule has 0 amide bonds. The van der Waals surface area contributed by atoms with Gasteiger partial charge in [-0.05, 0) is 29.9 Å². The van der Waals surface area contributed by atoms with E-state index < -0.39 is 11.2 Å². The van der Waals surface area contributed by atoms with E-state index in [0.29, 0.717) is 54.6 Å². The van der Waals surface area contributed by atoms with Crippen LogP contribution in [0.5, 0.6) is 0 Å². The van der Waals surface area contributed by atoms with Gasteiger partial charge < -0.3 is 4.74 Å². The highest BCUT2D eigenvalue weighted by Gasteiger charge is 2.28. The fourth-order valence-electron chi connectivity index (χ4n) is 3.96. The second kappa shape index (κ2) is 8.59. The van der Waals surface area contributed by atoms with Gasteiger partial charge in [0.2, 0.25) is 0 Å². The molecule has 0 saturated carbocycles. The Balaban J connectivity index is 1.76. The van der Waals surface area contributed by atoms with Gasteiger partial charge in [0.15, 0.2) is 5.78 Å². The number of aromatic nitrogens is 3. The average Bonchev–Trinajstić information content (AvgIpc) is 2.74. The number of ether oxygens (including phenoxy) is 1. The zero-order chi connectivity index (χ0) is 21.1. The van der Waals surface area contributed by atoms with Crippen LogP contribution in [0, 0.1) is 5.92 Å². The molecule has 2 heterocycles. The predicted molar refractivity (Wildman–Crippen MR) is 115 cm³/mol. The molecule has 0 fully saturated rings. The van der Waals surface area contributed by atoms with Gasteiger partial charge in [-0.2, -0.15) is 0 Å². The van der Waals surface area contributed by atoms with Gasteiger partial charge in [0.25, 0.3) is 5.56 Å². The number of aryl methyl sites for hydroxylation is 1. The molecule has 1 N–H and O–H groups in total. The average molecular weight is 405 g/mol. The maximum absolute atomic E-state index is 12.8. The van der Waals surface area contributed by atoms with Gasteiger partial charge in [-0.1, -0.05) is 42.5 Å². The maximum Gasteiger partial charge on any atom is 0.329 e. The smallest absolute Gasteiger partial charge is 0.329 e. The Morgan fingerprint density at radius 3 is 2.77 bits per heavy atom. The highest BCUT2D eigenvalue weighted by molar-refractivity contribution is 6.02. The van der Waals surface area contributed by atoms with Gasteiger partial charge in [-0.3, -0.25) is 19.1 Å². The van der Waals surface area contributed by atoms with E-state index in [9.17, 15) is 14.4 Å². The Bertz CT molecular complexity index is 1220. The number of carbonyl (C=O) groups excluding carboxylic acids is 1. The van der Waals surface area contributed by atoms with Crippen LogP contribution in [-0.2, 0) is 17.7 Å². The van der Waals surface area contributed by atoms with Gasteiger partial charge in [-0.25, -0.2) is 9.78 Å². The summed E-state index contributed by atoms with van der Waals surface area (Å²) < 4.78 is 6.51. The third-order valence-electron chi connectivity index (χ3n) is 5.42. The lowest BCUT2D eigenvalue weighted by Gasteiger charge is -2.22. The first-order valence-electron chi connectivity index (χ1n) is 9.98. The second-order valence-electron chi connectivity index (χ2n) is 7.47. The number of H-pyrrole nitrogens is 1. The summed E-state index contributed by atoms with van der Waals surface area (Å²) in [6, 6.07) is 9.87. The molecule has 0 spiro atoms. The number of pyridine rings is 1. The molecule has 4 rings (SSSR count). The fourth-order valence-corrected chi connectivity index (χ4v) is 3.96. The number of Topliss-reactive ketones (excluding diaryl/α,β-unsaturated/α-hetero) is 1. The minimum Gasteiger partial charge on any atom is -0.385 e. The summed E-state index contributed by atoms with van der Waals surface area (Å²) in [7, 11) is 1.59. The van der Waals surface area contributed by atoms with Crippen LogP contribution >= 0.6 is 0 Å². The minimum atomic E-state index is -0.501. The number of benzene rings is 1. The van der Waals surface area contributed by atoms with E-state index >= 15 is 0 Å². The molecule has 0 saturated heterocycles. The minimum absolute atomic E-state index is 0.0240. The quantitative estimate of drug-likeness (QED) is 0.636. The van der Waals surface area contributed by atoms with Crippen molar-refractivity contribution < 1.29 is 9.53 Å². The van der Waals surface area contributed by atoms with Crippen molar-refractivity contribution in [3.05, 3.63) is 80.1 Å². The van der Waals surface area contributed by atoms with Crippen LogP contribution in [0.4, 0.5) is 0 Å². The molecule has 1 aliphatic carbocycles. The molecule has 7 nitrogen and oxygen atoms in total. The third kappa shape index (κ3) is 3.89. The van der Waals surface area contributed by atoms with Gasteiger partial charge in [0.05, 0.1) is 5.39 Å². The molecule has 0 unspecified atom stereocenters. The lowest BCUT2D eigenvalue weighted by molar-refractivity contribution is 0.0959. The number of methoxy groups -OCH3 is 1. The maximum atomic E-state index is 12.8. The summed E-state index contributed by atoms with van der Waals surface area (Å²) in [6.07, 6.45) is 7.04. The van der Waals surface area contributed by atoms with Gasteiger partial charge >= 0.3 is 5.69 Å². The molecule has 1 aromatic carbocycles.